The molecule has 3 aromatic rings. The molecule has 0 unspecified atom stereocenters. The molecule has 0 fully saturated rings. The first-order valence-corrected chi connectivity index (χ1v) is 8.66. The van der Waals surface area contributed by atoms with Crippen LogP contribution >= 0.6 is 0 Å². The van der Waals surface area contributed by atoms with E-state index in [-0.39, 0.29) is 5.69 Å². The van der Waals surface area contributed by atoms with Crippen LogP contribution in [0.25, 0.3) is 22.3 Å². The van der Waals surface area contributed by atoms with Gasteiger partial charge in [0, 0.05) is 31.3 Å². The lowest BCUT2D eigenvalue weighted by atomic mass is 10.0. The number of aromatic nitrogens is 2. The fourth-order valence-corrected chi connectivity index (χ4v) is 3.04. The highest BCUT2D eigenvalue weighted by Gasteiger charge is 2.16. The summed E-state index contributed by atoms with van der Waals surface area (Å²) in [7, 11) is -3.01. The molecule has 7 nitrogen and oxygen atoms in total. The molecule has 2 heterocycles. The third-order valence-corrected chi connectivity index (χ3v) is 4.35. The minimum Gasteiger partial charge on any atom is -0.400 e. The van der Waals surface area contributed by atoms with Gasteiger partial charge in [-0.1, -0.05) is 24.3 Å². The molecular formula is C17H17N3O4S. The van der Waals surface area contributed by atoms with Crippen LogP contribution in [0.15, 0.2) is 61.1 Å². The number of aldehydes is 1. The van der Waals surface area contributed by atoms with Crippen molar-refractivity contribution in [2.45, 2.75) is 0 Å². The number of pyridine rings is 1. The number of hydrogen-bond donors (Lipinski definition) is 2. The number of aliphatic hydroxyl groups excluding tert-OH is 1. The first kappa shape index (κ1) is 18.5. The fraction of sp³-hybridized carbons (Fsp3) is 0.0588. The van der Waals surface area contributed by atoms with E-state index in [2.05, 4.69) is 4.98 Å². The molecule has 8 heteroatoms. The van der Waals surface area contributed by atoms with Gasteiger partial charge in [-0.25, -0.2) is 9.11 Å². The van der Waals surface area contributed by atoms with E-state index in [0.29, 0.717) is 11.8 Å². The summed E-state index contributed by atoms with van der Waals surface area (Å²) in [6.07, 6.45) is 5.17. The van der Waals surface area contributed by atoms with Crippen LogP contribution in [-0.4, -0.2) is 35.9 Å². The smallest absolute Gasteiger partial charge is 0.302 e. The first-order valence-electron chi connectivity index (χ1n) is 7.16. The van der Waals surface area contributed by atoms with Crippen molar-refractivity contribution in [3.05, 3.63) is 66.7 Å². The molecule has 25 heavy (non-hydrogen) atoms. The molecule has 0 aliphatic carbocycles. The summed E-state index contributed by atoms with van der Waals surface area (Å²) in [6.45, 7) is 0. The third kappa shape index (κ3) is 4.00. The van der Waals surface area contributed by atoms with Crippen molar-refractivity contribution < 1.29 is 18.3 Å². The summed E-state index contributed by atoms with van der Waals surface area (Å²) in [5.74, 6) is 0. The molecule has 0 spiro atoms. The highest BCUT2D eigenvalue weighted by Crippen LogP contribution is 2.27. The zero-order chi connectivity index (χ0) is 18.4. The van der Waals surface area contributed by atoms with Crippen LogP contribution in [0.3, 0.4) is 0 Å². The molecule has 0 saturated carbocycles. The summed E-state index contributed by atoms with van der Waals surface area (Å²) in [6, 6.07) is 12.8. The van der Waals surface area contributed by atoms with E-state index in [4.69, 9.17) is 10.2 Å². The summed E-state index contributed by atoms with van der Waals surface area (Å²) < 4.78 is 23.7. The molecular weight excluding hydrogens is 342 g/mol. The molecule has 0 bridgehead atoms. The largest absolute Gasteiger partial charge is 0.400 e. The number of hydrogen-bond acceptors (Lipinski definition) is 5. The quantitative estimate of drug-likeness (QED) is 0.688. The molecule has 0 radical (unpaired) electrons. The maximum Gasteiger partial charge on any atom is 0.302 e. The average molecular weight is 359 g/mol. The monoisotopic (exact) mass is 359 g/mol. The van der Waals surface area contributed by atoms with Crippen molar-refractivity contribution in [3.63, 3.8) is 0 Å². The number of aliphatic hydroxyl groups is 1. The standard InChI is InChI=1S/C16H13N3O3S.CH4O/c17-23(21,22)19-10-7-15(16(19)11-20)14-3-1-12(2-4-14)13-5-8-18-9-6-13;1-2/h1-11H,(H2,17,21,22);2H,1H3. The molecule has 3 N–H and O–H groups in total. The molecule has 0 aliphatic rings. The van der Waals surface area contributed by atoms with Gasteiger partial charge in [0.15, 0.2) is 6.29 Å². The molecule has 2 aromatic heterocycles. The Hall–Kier alpha value is -2.81. The number of carbonyl (C=O) groups excluding carboxylic acids is 1. The van der Waals surface area contributed by atoms with E-state index < -0.39 is 10.2 Å². The normalized spacial score (nSPS) is 10.7. The van der Waals surface area contributed by atoms with Gasteiger partial charge < -0.3 is 5.11 Å². The lowest BCUT2D eigenvalue weighted by Gasteiger charge is -2.06. The molecule has 0 aliphatic heterocycles. The van der Waals surface area contributed by atoms with Crippen LogP contribution in [0.2, 0.25) is 0 Å². The van der Waals surface area contributed by atoms with E-state index in [1.54, 1.807) is 18.5 Å². The van der Waals surface area contributed by atoms with Crippen LogP contribution in [-0.2, 0) is 10.2 Å². The van der Waals surface area contributed by atoms with Crippen LogP contribution in [0, 0.1) is 0 Å². The number of rotatable bonds is 4. The van der Waals surface area contributed by atoms with Crippen LogP contribution in [0.1, 0.15) is 10.5 Å². The van der Waals surface area contributed by atoms with Crippen molar-refractivity contribution >= 4 is 16.5 Å². The topological polar surface area (TPSA) is 115 Å². The predicted octanol–water partition coefficient (Wildman–Crippen LogP) is 1.69. The van der Waals surface area contributed by atoms with Crippen LogP contribution in [0.4, 0.5) is 0 Å². The maximum atomic E-state index is 11.5. The van der Waals surface area contributed by atoms with E-state index in [1.807, 2.05) is 36.4 Å². The first-order chi connectivity index (χ1) is 12.0. The van der Waals surface area contributed by atoms with Gasteiger partial charge in [0.1, 0.15) is 5.69 Å². The molecule has 0 atom stereocenters. The summed E-state index contributed by atoms with van der Waals surface area (Å²) >= 11 is 0. The second-order valence-corrected chi connectivity index (χ2v) is 6.31. The van der Waals surface area contributed by atoms with Crippen molar-refractivity contribution in [2.24, 2.45) is 5.14 Å². The van der Waals surface area contributed by atoms with Gasteiger partial charge in [-0.15, -0.1) is 0 Å². The van der Waals surface area contributed by atoms with Gasteiger partial charge in [0.2, 0.25) is 0 Å². The average Bonchev–Trinajstić information content (AvgIpc) is 3.09. The van der Waals surface area contributed by atoms with Crippen molar-refractivity contribution in [2.75, 3.05) is 7.11 Å². The Kier molecular flexibility index (Phi) is 5.81. The molecule has 130 valence electrons. The SMILES string of the molecule is CO.NS(=O)(=O)n1ccc(-c2ccc(-c3ccncc3)cc2)c1C=O. The predicted molar refractivity (Wildman–Crippen MR) is 95.1 cm³/mol. The lowest BCUT2D eigenvalue weighted by Crippen LogP contribution is -2.22. The molecule has 0 saturated heterocycles. The fourth-order valence-electron chi connectivity index (χ4n) is 2.39. The maximum absolute atomic E-state index is 11.5. The second-order valence-electron chi connectivity index (χ2n) is 4.89. The Morgan fingerprint density at radius 2 is 1.48 bits per heavy atom. The summed E-state index contributed by atoms with van der Waals surface area (Å²) in [5.41, 5.74) is 3.26. The minimum atomic E-state index is -4.01. The highest BCUT2D eigenvalue weighted by atomic mass is 32.2. The van der Waals surface area contributed by atoms with Gasteiger partial charge in [-0.2, -0.15) is 8.42 Å². The second kappa shape index (κ2) is 7.84. The number of benzene rings is 1. The van der Waals surface area contributed by atoms with Crippen molar-refractivity contribution in [3.8, 4) is 22.3 Å². The highest BCUT2D eigenvalue weighted by molar-refractivity contribution is 7.87. The van der Waals surface area contributed by atoms with Crippen molar-refractivity contribution in [1.82, 2.24) is 8.96 Å². The minimum absolute atomic E-state index is 0.00385. The number of nitrogens with zero attached hydrogens (tertiary/aromatic N) is 2. The molecule has 0 amide bonds. The van der Waals surface area contributed by atoms with E-state index in [0.717, 1.165) is 27.8 Å². The number of carbonyl (C=O) groups is 1. The van der Waals surface area contributed by atoms with E-state index >= 15 is 0 Å². The zero-order valence-electron chi connectivity index (χ0n) is 13.4. The van der Waals surface area contributed by atoms with Gasteiger partial charge in [0.25, 0.3) is 0 Å². The van der Waals surface area contributed by atoms with Gasteiger partial charge >= 0.3 is 10.2 Å². The van der Waals surface area contributed by atoms with Crippen LogP contribution in [0.5, 0.6) is 0 Å². The van der Waals surface area contributed by atoms with E-state index in [9.17, 15) is 13.2 Å². The zero-order valence-corrected chi connectivity index (χ0v) is 14.2. The van der Waals surface area contributed by atoms with Gasteiger partial charge in [-0.05, 0) is 34.9 Å². The third-order valence-electron chi connectivity index (χ3n) is 3.49. The van der Waals surface area contributed by atoms with Gasteiger partial charge in [-0.3, -0.25) is 9.78 Å². The Labute approximate surface area is 145 Å². The Morgan fingerprint density at radius 1 is 0.960 bits per heavy atom. The Balaban J connectivity index is 0.00000109. The summed E-state index contributed by atoms with van der Waals surface area (Å²) in [4.78, 5) is 15.2. The Morgan fingerprint density at radius 3 is 2.00 bits per heavy atom. The van der Waals surface area contributed by atoms with Crippen molar-refractivity contribution in [1.29, 1.82) is 0 Å². The number of nitrogens with two attached hydrogens (primary N) is 1. The lowest BCUT2D eigenvalue weighted by molar-refractivity contribution is 0.111. The van der Waals surface area contributed by atoms with Gasteiger partial charge in [0.05, 0.1) is 0 Å². The van der Waals surface area contributed by atoms with E-state index in [1.165, 1.54) is 6.20 Å². The summed E-state index contributed by atoms with van der Waals surface area (Å²) in [5, 5.41) is 12.1. The van der Waals surface area contributed by atoms with Crippen LogP contribution < -0.4 is 5.14 Å². The Bertz CT molecular complexity index is 949. The molecule has 3 rings (SSSR count). The molecule has 1 aromatic carbocycles.